The first kappa shape index (κ1) is 19.6. The highest BCUT2D eigenvalue weighted by atomic mass is 35.5. The largest absolute Gasteiger partial charge is 0.329 e. The molecule has 2 aromatic carbocycles. The molecule has 0 saturated carbocycles. The Morgan fingerprint density at radius 2 is 1.64 bits per heavy atom. The second kappa shape index (κ2) is 9.09. The fourth-order valence-electron chi connectivity index (χ4n) is 2.25. The Labute approximate surface area is 161 Å². The first-order valence-electron chi connectivity index (χ1n) is 7.70. The number of hydrogen-bond acceptors (Lipinski definition) is 2. The molecular formula is C18H17Cl3N2O2. The Morgan fingerprint density at radius 3 is 2.28 bits per heavy atom. The van der Waals surface area contributed by atoms with Gasteiger partial charge < -0.3 is 10.2 Å². The summed E-state index contributed by atoms with van der Waals surface area (Å²) in [5, 5.41) is 4.07. The third-order valence-corrected chi connectivity index (χ3v) is 4.23. The third kappa shape index (κ3) is 5.63. The van der Waals surface area contributed by atoms with E-state index < -0.39 is 0 Å². The molecule has 0 heterocycles. The SMILES string of the molecule is CCCN(CC(=O)Nc1cc(Cl)ccc1Cl)C(=O)c1ccc(Cl)cc1. The lowest BCUT2D eigenvalue weighted by Crippen LogP contribution is -2.38. The predicted octanol–water partition coefficient (Wildman–Crippen LogP) is 5.14. The number of carbonyl (C=O) groups is 2. The number of carbonyl (C=O) groups excluding carboxylic acids is 2. The van der Waals surface area contributed by atoms with Crippen LogP contribution in [-0.4, -0.2) is 29.8 Å². The van der Waals surface area contributed by atoms with E-state index in [1.54, 1.807) is 42.5 Å². The summed E-state index contributed by atoms with van der Waals surface area (Å²) in [6.45, 7) is 2.31. The molecule has 0 aromatic heterocycles. The normalized spacial score (nSPS) is 10.4. The van der Waals surface area contributed by atoms with Gasteiger partial charge >= 0.3 is 0 Å². The van der Waals surface area contributed by atoms with Crippen LogP contribution in [0.2, 0.25) is 15.1 Å². The zero-order chi connectivity index (χ0) is 18.4. The summed E-state index contributed by atoms with van der Waals surface area (Å²) in [6, 6.07) is 11.4. The average Bonchev–Trinajstić information content (AvgIpc) is 2.58. The summed E-state index contributed by atoms with van der Waals surface area (Å²) in [7, 11) is 0. The zero-order valence-corrected chi connectivity index (χ0v) is 15.8. The molecule has 25 heavy (non-hydrogen) atoms. The highest BCUT2D eigenvalue weighted by molar-refractivity contribution is 6.35. The van der Waals surface area contributed by atoms with Gasteiger partial charge in [0.15, 0.2) is 0 Å². The molecule has 0 unspecified atom stereocenters. The van der Waals surface area contributed by atoms with Crippen LogP contribution in [0.4, 0.5) is 5.69 Å². The van der Waals surface area contributed by atoms with Crippen molar-refractivity contribution >= 4 is 52.3 Å². The molecule has 0 spiro atoms. The van der Waals surface area contributed by atoms with Crippen molar-refractivity contribution in [1.29, 1.82) is 0 Å². The van der Waals surface area contributed by atoms with Gasteiger partial charge in [0.25, 0.3) is 5.91 Å². The Hall–Kier alpha value is -1.75. The second-order valence-electron chi connectivity index (χ2n) is 5.41. The smallest absolute Gasteiger partial charge is 0.254 e. The fourth-order valence-corrected chi connectivity index (χ4v) is 2.72. The molecule has 0 radical (unpaired) electrons. The monoisotopic (exact) mass is 398 g/mol. The van der Waals surface area contributed by atoms with Crippen LogP contribution >= 0.6 is 34.8 Å². The zero-order valence-electron chi connectivity index (χ0n) is 13.6. The van der Waals surface area contributed by atoms with Crippen LogP contribution in [0.15, 0.2) is 42.5 Å². The first-order chi connectivity index (χ1) is 11.9. The lowest BCUT2D eigenvalue weighted by Gasteiger charge is -2.22. The van der Waals surface area contributed by atoms with E-state index in [1.165, 1.54) is 4.90 Å². The summed E-state index contributed by atoms with van der Waals surface area (Å²) in [5.41, 5.74) is 0.890. The number of halogens is 3. The van der Waals surface area contributed by atoms with Gasteiger partial charge in [-0.1, -0.05) is 41.7 Å². The molecule has 2 rings (SSSR count). The van der Waals surface area contributed by atoms with Gasteiger partial charge in [0.1, 0.15) is 6.54 Å². The van der Waals surface area contributed by atoms with Gasteiger partial charge in [-0.05, 0) is 48.9 Å². The number of nitrogens with zero attached hydrogens (tertiary/aromatic N) is 1. The Bertz CT molecular complexity index is 763. The Balaban J connectivity index is 2.09. The van der Waals surface area contributed by atoms with E-state index in [2.05, 4.69) is 5.32 Å². The van der Waals surface area contributed by atoms with E-state index in [0.717, 1.165) is 6.42 Å². The van der Waals surface area contributed by atoms with E-state index >= 15 is 0 Å². The van der Waals surface area contributed by atoms with E-state index in [-0.39, 0.29) is 18.4 Å². The van der Waals surface area contributed by atoms with Crippen molar-refractivity contribution < 1.29 is 9.59 Å². The molecular weight excluding hydrogens is 383 g/mol. The highest BCUT2D eigenvalue weighted by Crippen LogP contribution is 2.25. The summed E-state index contributed by atoms with van der Waals surface area (Å²) in [5.74, 6) is -0.578. The van der Waals surface area contributed by atoms with Gasteiger partial charge in [0.2, 0.25) is 5.91 Å². The van der Waals surface area contributed by atoms with Crippen molar-refractivity contribution in [3.05, 3.63) is 63.1 Å². The number of nitrogens with one attached hydrogen (secondary N) is 1. The standard InChI is InChI=1S/C18H17Cl3N2O2/c1-2-9-23(18(25)12-3-5-13(19)6-4-12)11-17(24)22-16-10-14(20)7-8-15(16)21/h3-8,10H,2,9,11H2,1H3,(H,22,24). The molecule has 0 aliphatic rings. The topological polar surface area (TPSA) is 49.4 Å². The molecule has 0 bridgehead atoms. The van der Waals surface area contributed by atoms with Crippen LogP contribution in [0.1, 0.15) is 23.7 Å². The average molecular weight is 400 g/mol. The van der Waals surface area contributed by atoms with Gasteiger partial charge in [-0.3, -0.25) is 9.59 Å². The van der Waals surface area contributed by atoms with Gasteiger partial charge in [0, 0.05) is 22.2 Å². The van der Waals surface area contributed by atoms with Crippen LogP contribution in [0, 0.1) is 0 Å². The number of hydrogen-bond donors (Lipinski definition) is 1. The third-order valence-electron chi connectivity index (χ3n) is 3.41. The molecule has 0 fully saturated rings. The maximum absolute atomic E-state index is 12.6. The molecule has 0 aliphatic heterocycles. The number of anilines is 1. The van der Waals surface area contributed by atoms with Gasteiger partial charge in [-0.2, -0.15) is 0 Å². The number of amides is 2. The van der Waals surface area contributed by atoms with Gasteiger partial charge in [0.05, 0.1) is 10.7 Å². The maximum atomic E-state index is 12.6. The Kier molecular flexibility index (Phi) is 7.12. The molecule has 2 aromatic rings. The molecule has 0 saturated heterocycles. The van der Waals surface area contributed by atoms with Crippen LogP contribution in [0.3, 0.4) is 0 Å². The van der Waals surface area contributed by atoms with Crippen molar-refractivity contribution in [2.45, 2.75) is 13.3 Å². The second-order valence-corrected chi connectivity index (χ2v) is 6.69. The fraction of sp³-hybridized carbons (Fsp3) is 0.222. The summed E-state index contributed by atoms with van der Waals surface area (Å²) in [4.78, 5) is 26.4. The summed E-state index contributed by atoms with van der Waals surface area (Å²) in [6.07, 6.45) is 0.727. The van der Waals surface area contributed by atoms with Gasteiger partial charge in [-0.15, -0.1) is 0 Å². The van der Waals surface area contributed by atoms with Crippen molar-refractivity contribution in [3.8, 4) is 0 Å². The molecule has 0 aliphatic carbocycles. The Morgan fingerprint density at radius 1 is 1.00 bits per heavy atom. The molecule has 1 N–H and O–H groups in total. The maximum Gasteiger partial charge on any atom is 0.254 e. The van der Waals surface area contributed by atoms with Crippen molar-refractivity contribution in [3.63, 3.8) is 0 Å². The molecule has 4 nitrogen and oxygen atoms in total. The van der Waals surface area contributed by atoms with Crippen molar-refractivity contribution in [2.24, 2.45) is 0 Å². The quantitative estimate of drug-likeness (QED) is 0.731. The van der Waals surface area contributed by atoms with E-state index in [1.807, 2.05) is 6.92 Å². The minimum Gasteiger partial charge on any atom is -0.329 e. The lowest BCUT2D eigenvalue weighted by molar-refractivity contribution is -0.116. The van der Waals surface area contributed by atoms with Crippen LogP contribution < -0.4 is 5.32 Å². The first-order valence-corrected chi connectivity index (χ1v) is 8.84. The highest BCUT2D eigenvalue weighted by Gasteiger charge is 2.18. The van der Waals surface area contributed by atoms with E-state index in [0.29, 0.717) is 32.9 Å². The summed E-state index contributed by atoms with van der Waals surface area (Å²) < 4.78 is 0. The molecule has 7 heteroatoms. The summed E-state index contributed by atoms with van der Waals surface area (Å²) >= 11 is 17.8. The number of rotatable bonds is 6. The van der Waals surface area contributed by atoms with Crippen molar-refractivity contribution in [1.82, 2.24) is 4.90 Å². The minimum atomic E-state index is -0.347. The van der Waals surface area contributed by atoms with Crippen molar-refractivity contribution in [2.75, 3.05) is 18.4 Å². The molecule has 0 atom stereocenters. The van der Waals surface area contributed by atoms with Crippen LogP contribution in [-0.2, 0) is 4.79 Å². The predicted molar refractivity (Wildman–Crippen MR) is 103 cm³/mol. The van der Waals surface area contributed by atoms with E-state index in [9.17, 15) is 9.59 Å². The molecule has 132 valence electrons. The van der Waals surface area contributed by atoms with Crippen LogP contribution in [0.25, 0.3) is 0 Å². The lowest BCUT2D eigenvalue weighted by atomic mass is 10.2. The van der Waals surface area contributed by atoms with Crippen LogP contribution in [0.5, 0.6) is 0 Å². The molecule has 2 amide bonds. The minimum absolute atomic E-state index is 0.0852. The van der Waals surface area contributed by atoms with E-state index in [4.69, 9.17) is 34.8 Å². The van der Waals surface area contributed by atoms with Gasteiger partial charge in [-0.25, -0.2) is 0 Å². The number of benzene rings is 2.